The van der Waals surface area contributed by atoms with Crippen molar-refractivity contribution in [3.63, 3.8) is 0 Å². The van der Waals surface area contributed by atoms with E-state index in [2.05, 4.69) is 32.4 Å². The quantitative estimate of drug-likeness (QED) is 0.723. The lowest BCUT2D eigenvalue weighted by Gasteiger charge is -2.24. The number of benzene rings is 1. The van der Waals surface area contributed by atoms with E-state index in [-0.39, 0.29) is 17.9 Å². The molecule has 146 valence electrons. The maximum absolute atomic E-state index is 13.0. The van der Waals surface area contributed by atoms with Crippen LogP contribution in [-0.4, -0.2) is 20.8 Å². The van der Waals surface area contributed by atoms with Gasteiger partial charge in [-0.15, -0.1) is 0 Å². The summed E-state index contributed by atoms with van der Waals surface area (Å²) in [5.74, 6) is 0.638. The second-order valence-electron chi connectivity index (χ2n) is 7.77. The average Bonchev–Trinajstić information content (AvgIpc) is 3.27. The number of aromatic nitrogens is 3. The van der Waals surface area contributed by atoms with Crippen molar-refractivity contribution in [3.05, 3.63) is 70.4 Å². The Balaban J connectivity index is 1.56. The predicted octanol–water partition coefficient (Wildman–Crippen LogP) is 4.16. The van der Waals surface area contributed by atoms with E-state index in [1.165, 1.54) is 11.3 Å². The van der Waals surface area contributed by atoms with Crippen LogP contribution >= 0.6 is 0 Å². The van der Waals surface area contributed by atoms with Crippen molar-refractivity contribution >= 4 is 5.91 Å². The fourth-order valence-corrected chi connectivity index (χ4v) is 3.95. The third-order valence-corrected chi connectivity index (χ3v) is 5.38. The highest BCUT2D eigenvalue weighted by molar-refractivity contribution is 5.96. The standard InChI is InChI=1S/C22H26N4O2/c1-14(2)21-20(15(3)25-28-21)22(27)24-18-10-7-11-19-17(18)12-23-26(19)13-16-8-5-4-6-9-16/h4-6,8-9,12,14,18H,7,10-11,13H2,1-3H3,(H,24,27). The molecule has 1 aliphatic carbocycles. The summed E-state index contributed by atoms with van der Waals surface area (Å²) >= 11 is 0. The van der Waals surface area contributed by atoms with Crippen LogP contribution in [0.3, 0.4) is 0 Å². The summed E-state index contributed by atoms with van der Waals surface area (Å²) in [7, 11) is 0. The van der Waals surface area contributed by atoms with Gasteiger partial charge in [-0.2, -0.15) is 5.10 Å². The van der Waals surface area contributed by atoms with Gasteiger partial charge in [-0.3, -0.25) is 9.48 Å². The number of rotatable bonds is 5. The molecule has 1 aliphatic rings. The molecule has 1 amide bonds. The minimum Gasteiger partial charge on any atom is -0.360 e. The molecule has 0 radical (unpaired) electrons. The number of carbonyl (C=O) groups excluding carboxylic acids is 1. The van der Waals surface area contributed by atoms with Gasteiger partial charge in [-0.05, 0) is 31.7 Å². The topological polar surface area (TPSA) is 73.0 Å². The summed E-state index contributed by atoms with van der Waals surface area (Å²) in [6, 6.07) is 10.3. The molecular formula is C22H26N4O2. The highest BCUT2D eigenvalue weighted by Gasteiger charge is 2.29. The Bertz CT molecular complexity index is 972. The fraction of sp³-hybridized carbons (Fsp3) is 0.409. The molecular weight excluding hydrogens is 352 g/mol. The molecule has 0 spiro atoms. The Labute approximate surface area is 164 Å². The maximum atomic E-state index is 13.0. The van der Waals surface area contributed by atoms with Crippen LogP contribution in [0.4, 0.5) is 0 Å². The lowest BCUT2D eigenvalue weighted by atomic mass is 9.92. The SMILES string of the molecule is Cc1noc(C(C)C)c1C(=O)NC1CCCc2c1cnn2Cc1ccccc1. The zero-order chi connectivity index (χ0) is 19.7. The van der Waals surface area contributed by atoms with Crippen molar-refractivity contribution in [2.45, 2.75) is 58.5 Å². The Hall–Kier alpha value is -2.89. The highest BCUT2D eigenvalue weighted by atomic mass is 16.5. The van der Waals surface area contributed by atoms with Crippen LogP contribution in [0.1, 0.15) is 77.3 Å². The van der Waals surface area contributed by atoms with Gasteiger partial charge in [0, 0.05) is 17.2 Å². The van der Waals surface area contributed by atoms with E-state index in [9.17, 15) is 4.79 Å². The summed E-state index contributed by atoms with van der Waals surface area (Å²) < 4.78 is 7.44. The zero-order valence-corrected chi connectivity index (χ0v) is 16.6. The van der Waals surface area contributed by atoms with Crippen LogP contribution in [-0.2, 0) is 13.0 Å². The summed E-state index contributed by atoms with van der Waals surface area (Å²) in [5, 5.41) is 11.8. The second-order valence-corrected chi connectivity index (χ2v) is 7.77. The number of aryl methyl sites for hydroxylation is 1. The van der Waals surface area contributed by atoms with Gasteiger partial charge >= 0.3 is 0 Å². The Morgan fingerprint density at radius 1 is 1.32 bits per heavy atom. The summed E-state index contributed by atoms with van der Waals surface area (Å²) in [6.07, 6.45) is 4.83. The van der Waals surface area contributed by atoms with Crippen LogP contribution in [0.5, 0.6) is 0 Å². The van der Waals surface area contributed by atoms with Gasteiger partial charge in [0.25, 0.3) is 5.91 Å². The third-order valence-electron chi connectivity index (χ3n) is 5.38. The minimum absolute atomic E-state index is 0.0323. The summed E-state index contributed by atoms with van der Waals surface area (Å²) in [6.45, 7) is 6.57. The fourth-order valence-electron chi connectivity index (χ4n) is 3.95. The van der Waals surface area contributed by atoms with Gasteiger partial charge in [-0.25, -0.2) is 0 Å². The van der Waals surface area contributed by atoms with Crippen LogP contribution in [0.25, 0.3) is 0 Å². The zero-order valence-electron chi connectivity index (χ0n) is 16.6. The monoisotopic (exact) mass is 378 g/mol. The van der Waals surface area contributed by atoms with Gasteiger partial charge in [0.05, 0.1) is 24.5 Å². The van der Waals surface area contributed by atoms with Crippen LogP contribution < -0.4 is 5.32 Å². The lowest BCUT2D eigenvalue weighted by molar-refractivity contribution is 0.0929. The number of carbonyl (C=O) groups is 1. The first-order valence-electron chi connectivity index (χ1n) is 9.90. The van der Waals surface area contributed by atoms with Crippen LogP contribution in [0, 0.1) is 6.92 Å². The molecule has 1 atom stereocenters. The maximum Gasteiger partial charge on any atom is 0.257 e. The van der Waals surface area contributed by atoms with Gasteiger partial charge in [0.1, 0.15) is 5.56 Å². The number of nitrogens with zero attached hydrogens (tertiary/aromatic N) is 3. The Kier molecular flexibility index (Phi) is 5.03. The van der Waals surface area contributed by atoms with Crippen LogP contribution in [0.15, 0.2) is 41.1 Å². The molecule has 2 aromatic heterocycles. The first kappa shape index (κ1) is 18.5. The molecule has 28 heavy (non-hydrogen) atoms. The van der Waals surface area contributed by atoms with Crippen molar-refractivity contribution < 1.29 is 9.32 Å². The summed E-state index contributed by atoms with van der Waals surface area (Å²) in [5.41, 5.74) is 4.76. The molecule has 1 unspecified atom stereocenters. The summed E-state index contributed by atoms with van der Waals surface area (Å²) in [4.78, 5) is 13.0. The molecule has 0 fully saturated rings. The number of fused-ring (bicyclic) bond motifs is 1. The van der Waals surface area contributed by atoms with Gasteiger partial charge in [0.2, 0.25) is 0 Å². The number of hydrogen-bond donors (Lipinski definition) is 1. The van der Waals surface area contributed by atoms with Crippen molar-refractivity contribution in [2.75, 3.05) is 0 Å². The number of hydrogen-bond acceptors (Lipinski definition) is 4. The molecule has 4 rings (SSSR count). The van der Waals surface area contributed by atoms with Crippen molar-refractivity contribution in [2.24, 2.45) is 0 Å². The second kappa shape index (κ2) is 7.62. The molecule has 0 aliphatic heterocycles. The lowest BCUT2D eigenvalue weighted by Crippen LogP contribution is -2.32. The molecule has 0 bridgehead atoms. The molecule has 6 nitrogen and oxygen atoms in total. The predicted molar refractivity (Wildman–Crippen MR) is 106 cm³/mol. The molecule has 1 N–H and O–H groups in total. The molecule has 0 saturated carbocycles. The van der Waals surface area contributed by atoms with Crippen molar-refractivity contribution in [1.29, 1.82) is 0 Å². The van der Waals surface area contributed by atoms with Gasteiger partial charge in [-0.1, -0.05) is 49.3 Å². The first-order valence-corrected chi connectivity index (χ1v) is 9.90. The molecule has 0 saturated heterocycles. The molecule has 1 aromatic carbocycles. The average molecular weight is 378 g/mol. The molecule has 3 aromatic rings. The normalized spacial score (nSPS) is 16.2. The van der Waals surface area contributed by atoms with Crippen molar-refractivity contribution in [3.8, 4) is 0 Å². The van der Waals surface area contributed by atoms with E-state index in [1.54, 1.807) is 0 Å². The molecule has 6 heteroatoms. The highest BCUT2D eigenvalue weighted by Crippen LogP contribution is 2.31. The largest absolute Gasteiger partial charge is 0.360 e. The smallest absolute Gasteiger partial charge is 0.257 e. The van der Waals surface area contributed by atoms with Crippen LogP contribution in [0.2, 0.25) is 0 Å². The molecule has 2 heterocycles. The van der Waals surface area contributed by atoms with E-state index in [0.717, 1.165) is 31.4 Å². The van der Waals surface area contributed by atoms with Gasteiger partial charge < -0.3 is 9.84 Å². The number of amides is 1. The van der Waals surface area contributed by atoms with E-state index >= 15 is 0 Å². The number of nitrogens with one attached hydrogen (secondary N) is 1. The van der Waals surface area contributed by atoms with Crippen molar-refractivity contribution in [1.82, 2.24) is 20.3 Å². The third kappa shape index (κ3) is 3.46. The minimum atomic E-state index is -0.115. The Morgan fingerprint density at radius 3 is 2.86 bits per heavy atom. The van der Waals surface area contributed by atoms with E-state index in [1.807, 2.05) is 45.2 Å². The van der Waals surface area contributed by atoms with Gasteiger partial charge in [0.15, 0.2) is 5.76 Å². The first-order chi connectivity index (χ1) is 13.5. The van der Waals surface area contributed by atoms with E-state index < -0.39 is 0 Å². The van der Waals surface area contributed by atoms with E-state index in [0.29, 0.717) is 17.0 Å². The van der Waals surface area contributed by atoms with E-state index in [4.69, 9.17) is 4.52 Å². The Morgan fingerprint density at radius 2 is 2.11 bits per heavy atom.